The molecule has 3 heterocycles. The summed E-state index contributed by atoms with van der Waals surface area (Å²) in [6, 6.07) is 14.5. The summed E-state index contributed by atoms with van der Waals surface area (Å²) in [6.45, 7) is 3.37. The van der Waals surface area contributed by atoms with Gasteiger partial charge in [-0.15, -0.1) is 0 Å². The smallest absolute Gasteiger partial charge is 0.261 e. The van der Waals surface area contributed by atoms with Crippen LogP contribution in [0.25, 0.3) is 21.7 Å². The van der Waals surface area contributed by atoms with Crippen LogP contribution in [0.5, 0.6) is 0 Å². The van der Waals surface area contributed by atoms with Crippen molar-refractivity contribution in [2.75, 3.05) is 13.2 Å². The van der Waals surface area contributed by atoms with Gasteiger partial charge >= 0.3 is 0 Å². The van der Waals surface area contributed by atoms with Gasteiger partial charge < -0.3 is 4.74 Å². The minimum atomic E-state index is 0.0379. The quantitative estimate of drug-likeness (QED) is 0.496. The number of hydrogen-bond donors (Lipinski definition) is 0. The third-order valence-electron chi connectivity index (χ3n) is 5.83. The monoisotopic (exact) mass is 385 g/mol. The lowest BCUT2D eigenvalue weighted by atomic mass is 9.96. The molecular weight excluding hydrogens is 362 g/mol. The number of fused-ring (bicyclic) bond motifs is 3. The van der Waals surface area contributed by atoms with E-state index < -0.39 is 0 Å². The third kappa shape index (κ3) is 3.32. The summed E-state index contributed by atoms with van der Waals surface area (Å²) in [5, 5.41) is 2.85. The van der Waals surface area contributed by atoms with Crippen LogP contribution in [0, 0.1) is 6.92 Å². The Kier molecular flexibility index (Phi) is 4.60. The third-order valence-corrected chi connectivity index (χ3v) is 5.83. The molecular formula is C24H23N3O2. The first kappa shape index (κ1) is 18.0. The number of pyridine rings is 1. The number of ether oxygens (including phenoxy) is 1. The van der Waals surface area contributed by atoms with Gasteiger partial charge in [0.25, 0.3) is 5.56 Å². The van der Waals surface area contributed by atoms with E-state index >= 15 is 0 Å². The summed E-state index contributed by atoms with van der Waals surface area (Å²) >= 11 is 0. The van der Waals surface area contributed by atoms with Crippen molar-refractivity contribution in [3.8, 4) is 0 Å². The Hall–Kier alpha value is -3.05. The molecule has 2 aromatic carbocycles. The van der Waals surface area contributed by atoms with Crippen LogP contribution in [0.2, 0.25) is 0 Å². The summed E-state index contributed by atoms with van der Waals surface area (Å²) in [4.78, 5) is 22.5. The average Bonchev–Trinajstić information content (AvgIpc) is 2.77. The fourth-order valence-corrected chi connectivity index (χ4v) is 4.24. The van der Waals surface area contributed by atoms with Crippen molar-refractivity contribution < 1.29 is 4.74 Å². The van der Waals surface area contributed by atoms with Crippen molar-refractivity contribution in [2.45, 2.75) is 32.2 Å². The minimum absolute atomic E-state index is 0.0379. The van der Waals surface area contributed by atoms with Gasteiger partial charge in [-0.05, 0) is 54.8 Å². The van der Waals surface area contributed by atoms with Gasteiger partial charge in [0.05, 0.1) is 17.2 Å². The van der Waals surface area contributed by atoms with Gasteiger partial charge in [-0.25, -0.2) is 4.98 Å². The van der Waals surface area contributed by atoms with E-state index in [1.165, 1.54) is 0 Å². The number of benzene rings is 2. The lowest BCUT2D eigenvalue weighted by Gasteiger charge is -2.24. The second kappa shape index (κ2) is 7.41. The molecule has 1 aliphatic heterocycles. The molecule has 0 bridgehead atoms. The van der Waals surface area contributed by atoms with Crippen molar-refractivity contribution in [3.63, 3.8) is 0 Å². The molecule has 4 aromatic rings. The number of nitrogens with zero attached hydrogens (tertiary/aromatic N) is 3. The normalized spacial score (nSPS) is 15.2. The first-order chi connectivity index (χ1) is 14.2. The zero-order valence-corrected chi connectivity index (χ0v) is 16.5. The Morgan fingerprint density at radius 1 is 1.03 bits per heavy atom. The van der Waals surface area contributed by atoms with E-state index in [0.717, 1.165) is 52.4 Å². The molecule has 5 heteroatoms. The summed E-state index contributed by atoms with van der Waals surface area (Å²) in [5.74, 6) is 0. The van der Waals surface area contributed by atoms with Crippen LogP contribution in [-0.4, -0.2) is 27.7 Å². The Morgan fingerprint density at radius 2 is 1.83 bits per heavy atom. The molecule has 29 heavy (non-hydrogen) atoms. The largest absolute Gasteiger partial charge is 0.381 e. The van der Waals surface area contributed by atoms with Gasteiger partial charge in [0.1, 0.15) is 0 Å². The lowest BCUT2D eigenvalue weighted by Crippen LogP contribution is -2.29. The van der Waals surface area contributed by atoms with Gasteiger partial charge in [0, 0.05) is 36.5 Å². The highest BCUT2D eigenvalue weighted by Crippen LogP contribution is 2.28. The molecule has 1 saturated heterocycles. The van der Waals surface area contributed by atoms with Gasteiger partial charge in [-0.1, -0.05) is 30.3 Å². The molecule has 0 amide bonds. The van der Waals surface area contributed by atoms with Crippen molar-refractivity contribution in [1.29, 1.82) is 0 Å². The number of aryl methyl sites for hydroxylation is 1. The molecule has 146 valence electrons. The molecule has 0 atom stereocenters. The highest BCUT2D eigenvalue weighted by molar-refractivity contribution is 6.06. The zero-order valence-electron chi connectivity index (χ0n) is 16.5. The van der Waals surface area contributed by atoms with Crippen LogP contribution in [0.4, 0.5) is 0 Å². The van der Waals surface area contributed by atoms with Crippen LogP contribution < -0.4 is 5.56 Å². The van der Waals surface area contributed by atoms with Crippen LogP contribution in [-0.2, 0) is 11.2 Å². The standard InChI is InChI=1S/C24H23N3O2/c1-16-6-7-17(14-25-16)12-18-13-22-23(21-5-3-2-4-20(18)21)26-15-27(24(22)28)19-8-10-29-11-9-19/h2-7,13-15,19H,8-12H2,1H3. The summed E-state index contributed by atoms with van der Waals surface area (Å²) in [5.41, 5.74) is 4.08. The predicted octanol–water partition coefficient (Wildman–Crippen LogP) is 4.20. The lowest BCUT2D eigenvalue weighted by molar-refractivity contribution is 0.0685. The van der Waals surface area contributed by atoms with E-state index in [9.17, 15) is 4.79 Å². The average molecular weight is 385 g/mol. The van der Waals surface area contributed by atoms with Crippen molar-refractivity contribution >= 4 is 21.7 Å². The van der Waals surface area contributed by atoms with Gasteiger partial charge in [-0.2, -0.15) is 0 Å². The Balaban J connectivity index is 1.69. The van der Waals surface area contributed by atoms with Crippen LogP contribution in [0.3, 0.4) is 0 Å². The van der Waals surface area contributed by atoms with Crippen LogP contribution >= 0.6 is 0 Å². The number of aromatic nitrogens is 3. The van der Waals surface area contributed by atoms with E-state index in [1.807, 2.05) is 37.4 Å². The fourth-order valence-electron chi connectivity index (χ4n) is 4.24. The highest BCUT2D eigenvalue weighted by Gasteiger charge is 2.19. The minimum Gasteiger partial charge on any atom is -0.381 e. The molecule has 0 unspecified atom stereocenters. The fraction of sp³-hybridized carbons (Fsp3) is 0.292. The Morgan fingerprint density at radius 3 is 2.59 bits per heavy atom. The first-order valence-electron chi connectivity index (χ1n) is 10.1. The van der Waals surface area contributed by atoms with Gasteiger partial charge in [0.15, 0.2) is 0 Å². The highest BCUT2D eigenvalue weighted by atomic mass is 16.5. The molecule has 2 aromatic heterocycles. The molecule has 1 fully saturated rings. The van der Waals surface area contributed by atoms with E-state index in [2.05, 4.69) is 23.2 Å². The van der Waals surface area contributed by atoms with E-state index in [1.54, 1.807) is 10.9 Å². The molecule has 0 spiro atoms. The predicted molar refractivity (Wildman–Crippen MR) is 114 cm³/mol. The summed E-state index contributed by atoms with van der Waals surface area (Å²) in [7, 11) is 0. The molecule has 1 aliphatic rings. The maximum Gasteiger partial charge on any atom is 0.261 e. The summed E-state index contributed by atoms with van der Waals surface area (Å²) < 4.78 is 7.26. The maximum absolute atomic E-state index is 13.4. The summed E-state index contributed by atoms with van der Waals surface area (Å²) in [6.07, 6.45) is 6.06. The molecule has 0 aliphatic carbocycles. The van der Waals surface area contributed by atoms with Gasteiger partial charge in [-0.3, -0.25) is 14.3 Å². The number of rotatable bonds is 3. The molecule has 0 radical (unpaired) electrons. The molecule has 5 rings (SSSR count). The van der Waals surface area contributed by atoms with Crippen molar-refractivity contribution in [3.05, 3.63) is 82.2 Å². The second-order valence-electron chi connectivity index (χ2n) is 7.76. The van der Waals surface area contributed by atoms with Crippen LogP contribution in [0.15, 0.2) is 59.8 Å². The second-order valence-corrected chi connectivity index (χ2v) is 7.76. The Bertz CT molecular complexity index is 1240. The molecule has 5 nitrogen and oxygen atoms in total. The Labute approximate surface area is 169 Å². The zero-order chi connectivity index (χ0) is 19.8. The SMILES string of the molecule is Cc1ccc(Cc2cc3c(=O)n(C4CCOCC4)cnc3c3ccccc23)cn1. The van der Waals surface area contributed by atoms with Crippen molar-refractivity contribution in [1.82, 2.24) is 14.5 Å². The first-order valence-corrected chi connectivity index (χ1v) is 10.1. The van der Waals surface area contributed by atoms with Crippen LogP contribution in [0.1, 0.15) is 35.7 Å². The van der Waals surface area contributed by atoms with E-state index in [0.29, 0.717) is 18.6 Å². The van der Waals surface area contributed by atoms with E-state index in [-0.39, 0.29) is 11.6 Å². The topological polar surface area (TPSA) is 57.0 Å². The maximum atomic E-state index is 13.4. The van der Waals surface area contributed by atoms with Crippen molar-refractivity contribution in [2.24, 2.45) is 0 Å². The van der Waals surface area contributed by atoms with E-state index in [4.69, 9.17) is 9.72 Å². The molecule has 0 saturated carbocycles. The number of hydrogen-bond acceptors (Lipinski definition) is 4. The molecule has 0 N–H and O–H groups in total. The van der Waals surface area contributed by atoms with Gasteiger partial charge in [0.2, 0.25) is 0 Å².